The van der Waals surface area contributed by atoms with Crippen molar-refractivity contribution < 1.29 is 27.5 Å². The Morgan fingerprint density at radius 3 is 2.39 bits per heavy atom. The number of sulfonamides is 1. The van der Waals surface area contributed by atoms with Crippen LogP contribution >= 0.6 is 0 Å². The molecule has 1 saturated heterocycles. The van der Waals surface area contributed by atoms with Crippen LogP contribution in [0.1, 0.15) is 23.2 Å². The summed E-state index contributed by atoms with van der Waals surface area (Å²) in [4.78, 5) is 36.1. The molecular formula is C21H23N3O6S. The molecule has 0 aliphatic carbocycles. The second-order valence-electron chi connectivity index (χ2n) is 6.91. The molecule has 10 heteroatoms. The van der Waals surface area contributed by atoms with Crippen molar-refractivity contribution in [3.05, 3.63) is 60.2 Å². The number of amides is 2. The minimum Gasteiger partial charge on any atom is -0.468 e. The summed E-state index contributed by atoms with van der Waals surface area (Å²) in [6, 6.07) is 13.3. The Labute approximate surface area is 180 Å². The average Bonchev–Trinajstić information content (AvgIpc) is 3.29. The molecule has 2 aromatic carbocycles. The highest BCUT2D eigenvalue weighted by Crippen LogP contribution is 2.27. The molecule has 2 aromatic rings. The topological polar surface area (TPSA) is 122 Å². The van der Waals surface area contributed by atoms with Crippen molar-refractivity contribution in [2.75, 3.05) is 25.5 Å². The van der Waals surface area contributed by atoms with Crippen LogP contribution in [-0.2, 0) is 24.3 Å². The van der Waals surface area contributed by atoms with E-state index in [1.165, 1.54) is 47.8 Å². The maximum absolute atomic E-state index is 12.9. The van der Waals surface area contributed by atoms with Gasteiger partial charge in [-0.15, -0.1) is 0 Å². The third-order valence-electron chi connectivity index (χ3n) is 4.89. The van der Waals surface area contributed by atoms with E-state index in [9.17, 15) is 22.8 Å². The summed E-state index contributed by atoms with van der Waals surface area (Å²) in [7, 11) is -2.55. The van der Waals surface area contributed by atoms with E-state index in [2.05, 4.69) is 15.4 Å². The first kappa shape index (κ1) is 22.4. The first-order valence-electron chi connectivity index (χ1n) is 9.66. The van der Waals surface area contributed by atoms with Crippen LogP contribution in [0.25, 0.3) is 0 Å². The minimum atomic E-state index is -3.78. The van der Waals surface area contributed by atoms with Gasteiger partial charge >= 0.3 is 5.97 Å². The van der Waals surface area contributed by atoms with Gasteiger partial charge in [0.2, 0.25) is 15.9 Å². The molecule has 0 radical (unpaired) electrons. The summed E-state index contributed by atoms with van der Waals surface area (Å²) in [6.45, 7) is 0.0237. The minimum absolute atomic E-state index is 0.150. The second kappa shape index (κ2) is 9.71. The molecule has 0 spiro atoms. The maximum atomic E-state index is 12.9. The number of hydrogen-bond donors (Lipinski definition) is 2. The first-order chi connectivity index (χ1) is 14.8. The highest BCUT2D eigenvalue weighted by Gasteiger charge is 2.39. The summed E-state index contributed by atoms with van der Waals surface area (Å²) in [5, 5.41) is 5.13. The number of nitrogens with one attached hydrogen (secondary N) is 2. The lowest BCUT2D eigenvalue weighted by molar-refractivity contribution is -0.139. The number of anilines is 1. The molecule has 31 heavy (non-hydrogen) atoms. The van der Waals surface area contributed by atoms with Gasteiger partial charge in [-0.3, -0.25) is 14.4 Å². The summed E-state index contributed by atoms with van der Waals surface area (Å²) in [6.07, 6.45) is 1.01. The number of benzene rings is 2. The Hall–Kier alpha value is -3.24. The van der Waals surface area contributed by atoms with Gasteiger partial charge in [0.05, 0.1) is 12.0 Å². The largest absolute Gasteiger partial charge is 0.468 e. The van der Waals surface area contributed by atoms with Crippen LogP contribution in [0, 0.1) is 0 Å². The Morgan fingerprint density at radius 2 is 1.74 bits per heavy atom. The van der Waals surface area contributed by atoms with E-state index in [0.29, 0.717) is 24.1 Å². The number of carbonyl (C=O) groups is 3. The number of methoxy groups -OCH3 is 1. The van der Waals surface area contributed by atoms with Gasteiger partial charge in [0, 0.05) is 17.8 Å². The van der Waals surface area contributed by atoms with E-state index in [1.807, 2.05) is 0 Å². The number of esters is 1. The second-order valence-corrected chi connectivity index (χ2v) is 8.80. The SMILES string of the molecule is COC(=O)CNC(=O)c1ccc(NC(=O)C2CCCN2S(=O)(=O)c2ccccc2)cc1. The highest BCUT2D eigenvalue weighted by atomic mass is 32.2. The van der Waals surface area contributed by atoms with Crippen molar-refractivity contribution in [2.24, 2.45) is 0 Å². The first-order valence-corrected chi connectivity index (χ1v) is 11.1. The third-order valence-corrected chi connectivity index (χ3v) is 6.81. The lowest BCUT2D eigenvalue weighted by Gasteiger charge is -2.23. The van der Waals surface area contributed by atoms with Crippen LogP contribution < -0.4 is 10.6 Å². The Morgan fingerprint density at radius 1 is 1.06 bits per heavy atom. The zero-order chi connectivity index (χ0) is 22.4. The highest BCUT2D eigenvalue weighted by molar-refractivity contribution is 7.89. The molecule has 1 fully saturated rings. The lowest BCUT2D eigenvalue weighted by atomic mass is 10.1. The molecule has 1 aliphatic heterocycles. The van der Waals surface area contributed by atoms with Gasteiger partial charge in [0.25, 0.3) is 5.91 Å². The normalized spacial score (nSPS) is 16.5. The van der Waals surface area contributed by atoms with Crippen LogP contribution in [0.3, 0.4) is 0 Å². The summed E-state index contributed by atoms with van der Waals surface area (Å²) in [5.74, 6) is -1.46. The third kappa shape index (κ3) is 5.28. The van der Waals surface area contributed by atoms with E-state index in [4.69, 9.17) is 0 Å². The van der Waals surface area contributed by atoms with E-state index in [0.717, 1.165) is 0 Å². The van der Waals surface area contributed by atoms with E-state index < -0.39 is 33.8 Å². The molecule has 0 bridgehead atoms. The molecule has 1 aliphatic rings. The van der Waals surface area contributed by atoms with Gasteiger partial charge in [0.1, 0.15) is 12.6 Å². The zero-order valence-corrected chi connectivity index (χ0v) is 17.7. The predicted octanol–water partition coefficient (Wildman–Crippen LogP) is 1.38. The van der Waals surface area contributed by atoms with Crippen LogP contribution in [0.2, 0.25) is 0 Å². The van der Waals surface area contributed by atoms with E-state index in [1.54, 1.807) is 18.2 Å². The number of rotatable bonds is 7. The number of ether oxygens (including phenoxy) is 1. The predicted molar refractivity (Wildman–Crippen MR) is 113 cm³/mol. The van der Waals surface area contributed by atoms with Crippen molar-refractivity contribution in [3.8, 4) is 0 Å². The van der Waals surface area contributed by atoms with Crippen molar-refractivity contribution in [3.63, 3.8) is 0 Å². The summed E-state index contributed by atoms with van der Waals surface area (Å²) in [5.41, 5.74) is 0.731. The van der Waals surface area contributed by atoms with Crippen molar-refractivity contribution in [1.82, 2.24) is 9.62 Å². The van der Waals surface area contributed by atoms with Gasteiger partial charge in [-0.05, 0) is 49.2 Å². The fourth-order valence-electron chi connectivity index (χ4n) is 3.27. The standard InChI is InChI=1S/C21H23N3O6S/c1-30-19(25)14-22-20(26)15-9-11-16(12-10-15)23-21(27)18-8-5-13-24(18)31(28,29)17-6-3-2-4-7-17/h2-4,6-7,9-12,18H,5,8,13-14H2,1H3,(H,22,26)(H,23,27). The smallest absolute Gasteiger partial charge is 0.325 e. The molecule has 0 saturated carbocycles. The Kier molecular flexibility index (Phi) is 7.03. The zero-order valence-electron chi connectivity index (χ0n) is 16.9. The Balaban J connectivity index is 1.65. The summed E-state index contributed by atoms with van der Waals surface area (Å²) >= 11 is 0. The summed E-state index contributed by atoms with van der Waals surface area (Å²) < 4.78 is 31.5. The van der Waals surface area contributed by atoms with Crippen LogP contribution in [0.5, 0.6) is 0 Å². The molecule has 2 amide bonds. The number of nitrogens with zero attached hydrogens (tertiary/aromatic N) is 1. The number of hydrogen-bond acceptors (Lipinski definition) is 6. The average molecular weight is 445 g/mol. The van der Waals surface area contributed by atoms with Gasteiger partial charge in [0.15, 0.2) is 0 Å². The quantitative estimate of drug-likeness (QED) is 0.621. The van der Waals surface area contributed by atoms with Crippen LogP contribution in [0.4, 0.5) is 5.69 Å². The monoisotopic (exact) mass is 445 g/mol. The van der Waals surface area contributed by atoms with E-state index in [-0.39, 0.29) is 18.0 Å². The fraction of sp³-hybridized carbons (Fsp3) is 0.286. The van der Waals surface area contributed by atoms with Crippen molar-refractivity contribution >= 4 is 33.5 Å². The molecule has 9 nitrogen and oxygen atoms in total. The molecule has 1 atom stereocenters. The van der Waals surface area contributed by atoms with Gasteiger partial charge in [-0.25, -0.2) is 8.42 Å². The molecule has 1 heterocycles. The van der Waals surface area contributed by atoms with Gasteiger partial charge in [-0.1, -0.05) is 18.2 Å². The fourth-order valence-corrected chi connectivity index (χ4v) is 4.95. The maximum Gasteiger partial charge on any atom is 0.325 e. The van der Waals surface area contributed by atoms with Crippen LogP contribution in [0.15, 0.2) is 59.5 Å². The van der Waals surface area contributed by atoms with Crippen molar-refractivity contribution in [2.45, 2.75) is 23.8 Å². The lowest BCUT2D eigenvalue weighted by Crippen LogP contribution is -2.43. The number of carbonyl (C=O) groups excluding carboxylic acids is 3. The molecule has 2 N–H and O–H groups in total. The molecule has 3 rings (SSSR count). The molecule has 164 valence electrons. The molecule has 1 unspecified atom stereocenters. The van der Waals surface area contributed by atoms with Crippen molar-refractivity contribution in [1.29, 1.82) is 0 Å². The van der Waals surface area contributed by atoms with E-state index >= 15 is 0 Å². The van der Waals surface area contributed by atoms with Gasteiger partial charge in [-0.2, -0.15) is 4.31 Å². The molecule has 0 aromatic heterocycles. The van der Waals surface area contributed by atoms with Gasteiger partial charge < -0.3 is 15.4 Å². The van der Waals surface area contributed by atoms with Crippen LogP contribution in [-0.4, -0.2) is 56.7 Å². The molecular weight excluding hydrogens is 422 g/mol. The Bertz CT molecular complexity index is 1050.